The quantitative estimate of drug-likeness (QED) is 0.182. The summed E-state index contributed by atoms with van der Waals surface area (Å²) >= 11 is 20.4. The van der Waals surface area contributed by atoms with Gasteiger partial charge >= 0.3 is 5.97 Å². The fraction of sp³-hybridized carbons (Fsp3) is 0.219. The number of thiazole rings is 1. The first-order chi connectivity index (χ1) is 21.2. The number of nitrogens with zero attached hydrogens (tertiary/aromatic N) is 2. The molecule has 0 unspecified atom stereocenters. The molecule has 0 saturated heterocycles. The predicted octanol–water partition coefficient (Wildman–Crippen LogP) is 6.35. The van der Waals surface area contributed by atoms with E-state index in [1.54, 1.807) is 42.5 Å². The second-order valence-electron chi connectivity index (χ2n) is 9.43. The van der Waals surface area contributed by atoms with Crippen molar-refractivity contribution >= 4 is 58.2 Å². The zero-order valence-corrected chi connectivity index (χ0v) is 27.0. The molecule has 0 aliphatic carbocycles. The minimum atomic E-state index is -0.838. The maximum atomic E-state index is 14.1. The number of carbonyl (C=O) groups excluding carboxylic acids is 1. The SMILES string of the molecule is CCOc1ccc([C@H]2C(C(=O)OC)=CN=c3s/c(=C/c4cc(Cl)cc(Cl)c4OCc4ccccc4Cl)c(=O)n32)cc1OCC. The molecule has 0 fully saturated rings. The molecule has 12 heteroatoms. The molecule has 4 aromatic rings. The second-order valence-corrected chi connectivity index (χ2v) is 11.7. The Morgan fingerprint density at radius 1 is 0.977 bits per heavy atom. The van der Waals surface area contributed by atoms with Gasteiger partial charge in [-0.25, -0.2) is 9.79 Å². The Morgan fingerprint density at radius 2 is 1.73 bits per heavy atom. The van der Waals surface area contributed by atoms with Crippen molar-refractivity contribution < 1.29 is 23.7 Å². The lowest BCUT2D eigenvalue weighted by Gasteiger charge is -2.23. The van der Waals surface area contributed by atoms with Gasteiger partial charge in [-0.15, -0.1) is 0 Å². The topological polar surface area (TPSA) is 88.4 Å². The molecule has 228 valence electrons. The van der Waals surface area contributed by atoms with E-state index in [1.165, 1.54) is 17.9 Å². The number of carbonyl (C=O) groups is 1. The molecule has 1 aliphatic heterocycles. The molecule has 0 saturated carbocycles. The van der Waals surface area contributed by atoms with E-state index < -0.39 is 12.0 Å². The van der Waals surface area contributed by atoms with E-state index >= 15 is 0 Å². The van der Waals surface area contributed by atoms with Gasteiger partial charge in [0.25, 0.3) is 5.56 Å². The molecule has 1 atom stereocenters. The van der Waals surface area contributed by atoms with Gasteiger partial charge in [0.2, 0.25) is 0 Å². The zero-order chi connectivity index (χ0) is 31.4. The van der Waals surface area contributed by atoms with Crippen LogP contribution >= 0.6 is 46.1 Å². The number of benzene rings is 3. The van der Waals surface area contributed by atoms with Crippen molar-refractivity contribution in [2.24, 2.45) is 4.99 Å². The third-order valence-corrected chi connectivity index (χ3v) is 8.53. The standard InChI is InChI=1S/C32H27Cl3N2O6S/c1-4-41-25-11-10-18(13-26(25)42-5-2)28-22(31(39)40-3)16-36-32-37(28)30(38)27(44-32)14-20-12-21(33)15-24(35)29(20)43-17-19-8-6-7-9-23(19)34/h6-16,28H,4-5,17H2,1-3H3/b27-14+/t28-/m0/s1. The first-order valence-corrected chi connectivity index (χ1v) is 15.5. The summed E-state index contributed by atoms with van der Waals surface area (Å²) in [7, 11) is 1.28. The van der Waals surface area contributed by atoms with Crippen molar-refractivity contribution in [2.75, 3.05) is 20.3 Å². The number of hydrogen-bond acceptors (Lipinski definition) is 8. The molecule has 0 amide bonds. The van der Waals surface area contributed by atoms with Crippen LogP contribution in [0.25, 0.3) is 6.08 Å². The molecule has 44 heavy (non-hydrogen) atoms. The minimum Gasteiger partial charge on any atom is -0.490 e. The van der Waals surface area contributed by atoms with Gasteiger partial charge in [-0.3, -0.25) is 9.36 Å². The van der Waals surface area contributed by atoms with Crippen molar-refractivity contribution in [3.05, 3.63) is 118 Å². The fourth-order valence-electron chi connectivity index (χ4n) is 4.73. The molecule has 0 N–H and O–H groups in total. The summed E-state index contributed by atoms with van der Waals surface area (Å²) in [5.74, 6) is 0.763. The number of fused-ring (bicyclic) bond motifs is 1. The van der Waals surface area contributed by atoms with Gasteiger partial charge in [-0.1, -0.05) is 70.4 Å². The van der Waals surface area contributed by atoms with Crippen LogP contribution in [-0.4, -0.2) is 30.9 Å². The maximum Gasteiger partial charge on any atom is 0.337 e. The van der Waals surface area contributed by atoms with Crippen LogP contribution in [0.1, 0.15) is 36.6 Å². The third-order valence-electron chi connectivity index (χ3n) is 6.66. The smallest absolute Gasteiger partial charge is 0.337 e. The summed E-state index contributed by atoms with van der Waals surface area (Å²) in [6, 6.07) is 15.0. The Balaban J connectivity index is 1.63. The normalized spacial score (nSPS) is 14.4. The first kappa shape index (κ1) is 31.7. The van der Waals surface area contributed by atoms with Crippen molar-refractivity contribution in [3.63, 3.8) is 0 Å². The highest BCUT2D eigenvalue weighted by Gasteiger charge is 2.31. The van der Waals surface area contributed by atoms with E-state index in [4.69, 9.17) is 53.8 Å². The first-order valence-electron chi connectivity index (χ1n) is 13.6. The summed E-state index contributed by atoms with van der Waals surface area (Å²) in [5.41, 5.74) is 1.68. The zero-order valence-electron chi connectivity index (χ0n) is 23.9. The maximum absolute atomic E-state index is 14.1. The number of rotatable bonds is 10. The van der Waals surface area contributed by atoms with Gasteiger partial charge in [-0.05, 0) is 55.8 Å². The lowest BCUT2D eigenvalue weighted by molar-refractivity contribution is -0.136. The molecular weight excluding hydrogens is 647 g/mol. The molecule has 1 aromatic heterocycles. The average molecular weight is 674 g/mol. The molecule has 3 aromatic carbocycles. The highest BCUT2D eigenvalue weighted by molar-refractivity contribution is 7.07. The number of hydrogen-bond donors (Lipinski definition) is 0. The van der Waals surface area contributed by atoms with Gasteiger partial charge < -0.3 is 18.9 Å². The Kier molecular flexibility index (Phi) is 10.0. The molecule has 0 radical (unpaired) electrons. The van der Waals surface area contributed by atoms with Gasteiger partial charge in [0.05, 0.1) is 41.5 Å². The Morgan fingerprint density at radius 3 is 2.45 bits per heavy atom. The Bertz CT molecular complexity index is 1940. The monoisotopic (exact) mass is 672 g/mol. The lowest BCUT2D eigenvalue weighted by atomic mass is 9.97. The van der Waals surface area contributed by atoms with Crippen LogP contribution in [0.2, 0.25) is 15.1 Å². The summed E-state index contributed by atoms with van der Waals surface area (Å²) in [6.07, 6.45) is 3.07. The predicted molar refractivity (Wildman–Crippen MR) is 172 cm³/mol. The van der Waals surface area contributed by atoms with E-state index in [-0.39, 0.29) is 22.8 Å². The highest BCUT2D eigenvalue weighted by Crippen LogP contribution is 2.36. The van der Waals surface area contributed by atoms with E-state index in [1.807, 2.05) is 32.0 Å². The lowest BCUT2D eigenvalue weighted by Crippen LogP contribution is -2.39. The van der Waals surface area contributed by atoms with Crippen LogP contribution in [0.4, 0.5) is 0 Å². The van der Waals surface area contributed by atoms with Crippen LogP contribution in [0.5, 0.6) is 17.2 Å². The van der Waals surface area contributed by atoms with Crippen molar-refractivity contribution in [3.8, 4) is 17.2 Å². The van der Waals surface area contributed by atoms with Crippen LogP contribution in [0, 0.1) is 0 Å². The highest BCUT2D eigenvalue weighted by atomic mass is 35.5. The summed E-state index contributed by atoms with van der Waals surface area (Å²) in [4.78, 5) is 31.8. The molecule has 0 spiro atoms. The molecule has 0 bridgehead atoms. The number of halogens is 3. The summed E-state index contributed by atoms with van der Waals surface area (Å²) in [6.45, 7) is 4.72. The number of aromatic nitrogens is 1. The summed E-state index contributed by atoms with van der Waals surface area (Å²) < 4.78 is 24.5. The minimum absolute atomic E-state index is 0.144. The number of methoxy groups -OCH3 is 1. The van der Waals surface area contributed by atoms with Gasteiger partial charge in [0.1, 0.15) is 12.4 Å². The fourth-order valence-corrected chi connectivity index (χ4v) is 6.45. The van der Waals surface area contributed by atoms with E-state index in [2.05, 4.69) is 4.99 Å². The van der Waals surface area contributed by atoms with E-state index in [0.29, 0.717) is 61.0 Å². The second kappa shape index (κ2) is 13.9. The van der Waals surface area contributed by atoms with Crippen molar-refractivity contribution in [2.45, 2.75) is 26.5 Å². The third kappa shape index (κ3) is 6.51. The Labute approximate surface area is 272 Å². The summed E-state index contributed by atoms with van der Waals surface area (Å²) in [5, 5.41) is 1.19. The molecular formula is C32H27Cl3N2O6S. The van der Waals surface area contributed by atoms with Crippen LogP contribution in [-0.2, 0) is 16.1 Å². The van der Waals surface area contributed by atoms with Gasteiger partial charge in [0, 0.05) is 27.4 Å². The van der Waals surface area contributed by atoms with Crippen molar-refractivity contribution in [1.82, 2.24) is 4.57 Å². The molecule has 5 rings (SSSR count). The van der Waals surface area contributed by atoms with Crippen LogP contribution < -0.4 is 29.1 Å². The molecule has 1 aliphatic rings. The van der Waals surface area contributed by atoms with Gasteiger partial charge in [0.15, 0.2) is 16.3 Å². The Hall–Kier alpha value is -3.76. The van der Waals surface area contributed by atoms with Crippen LogP contribution in [0.3, 0.4) is 0 Å². The molecule has 8 nitrogen and oxygen atoms in total. The molecule has 2 heterocycles. The number of ether oxygens (including phenoxy) is 4. The number of esters is 1. The largest absolute Gasteiger partial charge is 0.490 e. The van der Waals surface area contributed by atoms with E-state index in [9.17, 15) is 9.59 Å². The van der Waals surface area contributed by atoms with Crippen LogP contribution in [0.15, 0.2) is 76.2 Å². The van der Waals surface area contributed by atoms with Gasteiger partial charge in [-0.2, -0.15) is 0 Å². The van der Waals surface area contributed by atoms with Crippen molar-refractivity contribution in [1.29, 1.82) is 0 Å². The average Bonchev–Trinajstić information content (AvgIpc) is 3.32. The van der Waals surface area contributed by atoms with E-state index in [0.717, 1.165) is 16.9 Å².